The summed E-state index contributed by atoms with van der Waals surface area (Å²) in [6.07, 6.45) is 3.16. The van der Waals surface area contributed by atoms with Crippen molar-refractivity contribution in [1.29, 1.82) is 0 Å². The summed E-state index contributed by atoms with van der Waals surface area (Å²) >= 11 is 0. The lowest BCUT2D eigenvalue weighted by Crippen LogP contribution is -2.11. The number of hydrogen-bond acceptors (Lipinski definition) is 3. The van der Waals surface area contributed by atoms with Crippen LogP contribution < -0.4 is 4.90 Å². The van der Waals surface area contributed by atoms with E-state index >= 15 is 0 Å². The van der Waals surface area contributed by atoms with Crippen molar-refractivity contribution in [2.24, 2.45) is 0 Å². The highest BCUT2D eigenvalue weighted by Gasteiger charge is 2.16. The number of rotatable bonds is 2. The first kappa shape index (κ1) is 13.1. The van der Waals surface area contributed by atoms with E-state index in [0.29, 0.717) is 28.3 Å². The monoisotopic (exact) mass is 281 g/mol. The Morgan fingerprint density at radius 3 is 2.76 bits per heavy atom. The molecule has 2 aromatic heterocycles. The number of nitrogens with one attached hydrogen (secondary N) is 1. The lowest BCUT2D eigenvalue weighted by molar-refractivity contribution is 0.632. The first-order valence-electron chi connectivity index (χ1n) is 6.28. The number of aromatic nitrogens is 3. The van der Waals surface area contributed by atoms with E-state index in [1.807, 2.05) is 19.0 Å². The van der Waals surface area contributed by atoms with E-state index in [-0.39, 0.29) is 5.82 Å². The highest BCUT2D eigenvalue weighted by Crippen LogP contribution is 2.35. The zero-order chi connectivity index (χ0) is 15.0. The van der Waals surface area contributed by atoms with Gasteiger partial charge in [0, 0.05) is 31.4 Å². The predicted molar refractivity (Wildman–Crippen MR) is 79.9 cm³/mol. The van der Waals surface area contributed by atoms with Gasteiger partial charge in [-0.2, -0.15) is 0 Å². The zero-order valence-corrected chi connectivity index (χ0v) is 11.6. The van der Waals surface area contributed by atoms with E-state index < -0.39 is 0 Å². The van der Waals surface area contributed by atoms with Crippen LogP contribution in [0.1, 0.15) is 0 Å². The van der Waals surface area contributed by atoms with Crippen LogP contribution in [0.5, 0.6) is 0 Å². The smallest absolute Gasteiger partial charge is 0.188 e. The summed E-state index contributed by atoms with van der Waals surface area (Å²) in [7, 11) is 3.73. The minimum absolute atomic E-state index is 0.368. The summed E-state index contributed by atoms with van der Waals surface area (Å²) in [4.78, 5) is 16.6. The molecular formula is C15H12FN5. The predicted octanol–water partition coefficient (Wildman–Crippen LogP) is 3.38. The molecule has 5 nitrogen and oxygen atoms in total. The molecule has 0 atom stereocenters. The van der Waals surface area contributed by atoms with Gasteiger partial charge in [0.25, 0.3) is 0 Å². The maximum absolute atomic E-state index is 14.2. The zero-order valence-electron chi connectivity index (χ0n) is 11.6. The lowest BCUT2D eigenvalue weighted by Gasteiger charge is -2.13. The number of halogens is 1. The van der Waals surface area contributed by atoms with Crippen LogP contribution in [0.15, 0.2) is 30.7 Å². The van der Waals surface area contributed by atoms with Gasteiger partial charge >= 0.3 is 0 Å². The van der Waals surface area contributed by atoms with Crippen LogP contribution in [0.4, 0.5) is 15.9 Å². The Labute approximate surface area is 120 Å². The number of anilines is 1. The van der Waals surface area contributed by atoms with Gasteiger partial charge in [-0.15, -0.1) is 0 Å². The summed E-state index contributed by atoms with van der Waals surface area (Å²) in [5, 5.41) is 0.739. The molecule has 0 amide bonds. The normalized spacial score (nSPS) is 10.6. The van der Waals surface area contributed by atoms with Crippen LogP contribution in [0.2, 0.25) is 0 Å². The van der Waals surface area contributed by atoms with Crippen LogP contribution in [-0.4, -0.2) is 29.0 Å². The summed E-state index contributed by atoms with van der Waals surface area (Å²) in [6, 6.07) is 4.31. The average Bonchev–Trinajstić information content (AvgIpc) is 2.91. The minimum atomic E-state index is -0.378. The third-order valence-electron chi connectivity index (χ3n) is 3.24. The Hall–Kier alpha value is -2.94. The highest BCUT2D eigenvalue weighted by atomic mass is 19.1. The van der Waals surface area contributed by atoms with Crippen molar-refractivity contribution < 1.29 is 4.39 Å². The minimum Gasteiger partial charge on any atom is -0.362 e. The number of H-pyrrole nitrogens is 1. The maximum atomic E-state index is 14.2. The molecule has 0 radical (unpaired) electrons. The summed E-state index contributed by atoms with van der Waals surface area (Å²) in [5.74, 6) is 0.320. The van der Waals surface area contributed by atoms with E-state index in [1.165, 1.54) is 24.5 Å². The molecule has 3 aromatic rings. The Morgan fingerprint density at radius 2 is 2.05 bits per heavy atom. The first-order chi connectivity index (χ1) is 10.1. The Balaban J connectivity index is 2.34. The lowest BCUT2D eigenvalue weighted by atomic mass is 10.0. The molecule has 1 N–H and O–H groups in total. The molecule has 104 valence electrons. The molecule has 21 heavy (non-hydrogen) atoms. The molecule has 0 fully saturated rings. The van der Waals surface area contributed by atoms with Gasteiger partial charge in [0.05, 0.1) is 12.0 Å². The van der Waals surface area contributed by atoms with Gasteiger partial charge in [-0.3, -0.25) is 0 Å². The fraction of sp³-hybridized carbons (Fsp3) is 0.133. The van der Waals surface area contributed by atoms with E-state index in [0.717, 1.165) is 5.39 Å². The standard InChI is InChI=1S/C15H12FN5/c1-17-9-4-5-12(16)10(6-9)11-7-18-14-13(11)15(21(2)3)20-8-19-14/h4-8H,2-3H3,(H,18,19,20). The molecule has 2 heterocycles. The molecule has 0 saturated carbocycles. The van der Waals surface area contributed by atoms with Crippen molar-refractivity contribution in [3.05, 3.63) is 48.0 Å². The first-order valence-corrected chi connectivity index (χ1v) is 6.28. The number of hydrogen-bond donors (Lipinski definition) is 1. The average molecular weight is 281 g/mol. The SMILES string of the molecule is [C-]#[N+]c1ccc(F)c(-c2c[nH]c3ncnc(N(C)C)c23)c1. The highest BCUT2D eigenvalue weighted by molar-refractivity contribution is 6.01. The second kappa shape index (κ2) is 4.87. The van der Waals surface area contributed by atoms with E-state index in [4.69, 9.17) is 6.57 Å². The van der Waals surface area contributed by atoms with Crippen molar-refractivity contribution in [3.63, 3.8) is 0 Å². The third kappa shape index (κ3) is 2.09. The maximum Gasteiger partial charge on any atom is 0.188 e. The van der Waals surface area contributed by atoms with Gasteiger partial charge in [0.2, 0.25) is 0 Å². The molecule has 0 aliphatic heterocycles. The van der Waals surface area contributed by atoms with Crippen molar-refractivity contribution >= 4 is 22.5 Å². The molecule has 0 aliphatic rings. The largest absolute Gasteiger partial charge is 0.362 e. The number of nitrogens with zero attached hydrogens (tertiary/aromatic N) is 4. The number of aromatic amines is 1. The Kier molecular flexibility index (Phi) is 3.03. The molecule has 0 bridgehead atoms. The summed E-state index contributed by atoms with van der Waals surface area (Å²) in [5.41, 5.74) is 2.05. The van der Waals surface area contributed by atoms with E-state index in [9.17, 15) is 4.39 Å². The molecule has 0 spiro atoms. The molecule has 3 rings (SSSR count). The van der Waals surface area contributed by atoms with Gasteiger partial charge in [-0.1, -0.05) is 6.07 Å². The van der Waals surface area contributed by atoms with Crippen molar-refractivity contribution in [2.45, 2.75) is 0 Å². The van der Waals surface area contributed by atoms with Gasteiger partial charge < -0.3 is 9.88 Å². The van der Waals surface area contributed by atoms with E-state index in [2.05, 4.69) is 19.8 Å². The van der Waals surface area contributed by atoms with Crippen LogP contribution in [0.3, 0.4) is 0 Å². The second-order valence-electron chi connectivity index (χ2n) is 4.79. The number of fused-ring (bicyclic) bond motifs is 1. The van der Waals surface area contributed by atoms with Gasteiger partial charge in [0.1, 0.15) is 23.6 Å². The number of benzene rings is 1. The van der Waals surface area contributed by atoms with E-state index in [1.54, 1.807) is 6.20 Å². The van der Waals surface area contributed by atoms with Gasteiger partial charge in [0.15, 0.2) is 5.69 Å². The van der Waals surface area contributed by atoms with Crippen LogP contribution in [0.25, 0.3) is 27.0 Å². The van der Waals surface area contributed by atoms with Crippen LogP contribution >= 0.6 is 0 Å². The second-order valence-corrected chi connectivity index (χ2v) is 4.79. The van der Waals surface area contributed by atoms with Gasteiger partial charge in [-0.05, 0) is 12.1 Å². The molecule has 0 saturated heterocycles. The topological polar surface area (TPSA) is 49.2 Å². The third-order valence-corrected chi connectivity index (χ3v) is 3.24. The quantitative estimate of drug-likeness (QED) is 0.733. The summed E-state index contributed by atoms with van der Waals surface area (Å²) < 4.78 is 14.2. The molecular weight excluding hydrogens is 269 g/mol. The Bertz CT molecular complexity index is 860. The van der Waals surface area contributed by atoms with Crippen molar-refractivity contribution in [2.75, 3.05) is 19.0 Å². The summed E-state index contributed by atoms with van der Waals surface area (Å²) in [6.45, 7) is 7.07. The fourth-order valence-corrected chi connectivity index (χ4v) is 2.29. The fourth-order valence-electron chi connectivity index (χ4n) is 2.29. The van der Waals surface area contributed by atoms with Crippen LogP contribution in [-0.2, 0) is 0 Å². The molecule has 6 heteroatoms. The van der Waals surface area contributed by atoms with Gasteiger partial charge in [-0.25, -0.2) is 19.2 Å². The molecule has 1 aromatic carbocycles. The molecule has 0 aliphatic carbocycles. The van der Waals surface area contributed by atoms with Crippen molar-refractivity contribution in [1.82, 2.24) is 15.0 Å². The Morgan fingerprint density at radius 1 is 1.24 bits per heavy atom. The van der Waals surface area contributed by atoms with Crippen molar-refractivity contribution in [3.8, 4) is 11.1 Å². The molecule has 0 unspecified atom stereocenters. The van der Waals surface area contributed by atoms with Crippen LogP contribution in [0, 0.1) is 12.4 Å².